The Balaban J connectivity index is 1.71. The molecule has 1 aliphatic heterocycles. The Morgan fingerprint density at radius 3 is 2.68 bits per heavy atom. The van der Waals surface area contributed by atoms with Crippen LogP contribution in [0.2, 0.25) is 0 Å². The van der Waals surface area contributed by atoms with Crippen molar-refractivity contribution in [3.63, 3.8) is 0 Å². The smallest absolute Gasteiger partial charge is 0.408 e. The average molecular weight is 528 g/mol. The van der Waals surface area contributed by atoms with Crippen LogP contribution in [0.4, 0.5) is 5.82 Å². The second-order valence-corrected chi connectivity index (χ2v) is 10.7. The number of fused-ring (bicyclic) bond motifs is 1. The summed E-state index contributed by atoms with van der Waals surface area (Å²) in [6, 6.07) is 8.80. The van der Waals surface area contributed by atoms with Crippen molar-refractivity contribution in [3.05, 3.63) is 34.8 Å². The lowest BCUT2D eigenvalue weighted by Crippen LogP contribution is -2.57. The maximum absolute atomic E-state index is 13.7. The van der Waals surface area contributed by atoms with Crippen molar-refractivity contribution in [2.45, 2.75) is 64.5 Å². The van der Waals surface area contributed by atoms with Crippen LogP contribution in [0.1, 0.15) is 52.9 Å². The molecule has 0 bridgehead atoms. The number of nitrogens with one attached hydrogen (secondary N) is 2. The molecule has 0 aliphatic carbocycles. The van der Waals surface area contributed by atoms with Gasteiger partial charge in [-0.1, -0.05) is 39.3 Å². The number of piperidine rings is 1. The minimum absolute atomic E-state index is 0.0367. The van der Waals surface area contributed by atoms with Gasteiger partial charge < -0.3 is 29.4 Å². The molecule has 1 aliphatic rings. The second kappa shape index (κ2) is 13.7. The van der Waals surface area contributed by atoms with E-state index in [1.807, 2.05) is 6.07 Å². The molecule has 10 heteroatoms. The van der Waals surface area contributed by atoms with Gasteiger partial charge in [0, 0.05) is 26.7 Å². The Labute approximate surface area is 224 Å². The van der Waals surface area contributed by atoms with Gasteiger partial charge in [-0.05, 0) is 43.2 Å². The van der Waals surface area contributed by atoms with Gasteiger partial charge in [-0.2, -0.15) is 10.2 Å². The summed E-state index contributed by atoms with van der Waals surface area (Å²) >= 11 is 0. The van der Waals surface area contributed by atoms with Crippen LogP contribution in [0.3, 0.4) is 0 Å². The number of hydrogen-bond acceptors (Lipinski definition) is 9. The Bertz CT molecular complexity index is 1150. The number of anilines is 1. The molecule has 1 aromatic carbocycles. The monoisotopic (exact) mass is 527 g/mol. The number of rotatable bonds is 14. The molecule has 2 N–H and O–H groups in total. The molecular formula is C28H41N5O5. The summed E-state index contributed by atoms with van der Waals surface area (Å²) in [5.74, 6) is -0.694. The predicted molar refractivity (Wildman–Crippen MR) is 146 cm³/mol. The molecule has 1 atom stereocenters. The van der Waals surface area contributed by atoms with E-state index < -0.39 is 17.3 Å². The summed E-state index contributed by atoms with van der Waals surface area (Å²) in [6.07, 6.45) is 3.32. The normalized spacial score (nSPS) is 16.6. The summed E-state index contributed by atoms with van der Waals surface area (Å²) in [5.41, 5.74) is -0.514. The van der Waals surface area contributed by atoms with Gasteiger partial charge in [-0.15, -0.1) is 0 Å². The van der Waals surface area contributed by atoms with Crippen LogP contribution in [-0.4, -0.2) is 73.9 Å². The summed E-state index contributed by atoms with van der Waals surface area (Å²) in [7, 11) is 1.64. The highest BCUT2D eigenvalue weighted by atomic mass is 16.5. The van der Waals surface area contributed by atoms with Gasteiger partial charge in [0.1, 0.15) is 23.0 Å². The van der Waals surface area contributed by atoms with Crippen LogP contribution in [0, 0.1) is 16.7 Å². The second-order valence-electron chi connectivity index (χ2n) is 10.7. The van der Waals surface area contributed by atoms with Gasteiger partial charge in [0.2, 0.25) is 5.91 Å². The predicted octanol–water partition coefficient (Wildman–Crippen LogP) is 3.32. The molecule has 0 radical (unpaired) electrons. The van der Waals surface area contributed by atoms with Crippen molar-refractivity contribution in [3.8, 4) is 6.07 Å². The van der Waals surface area contributed by atoms with E-state index in [2.05, 4.69) is 47.4 Å². The van der Waals surface area contributed by atoms with E-state index in [1.54, 1.807) is 25.3 Å². The van der Waals surface area contributed by atoms with Gasteiger partial charge in [-0.25, -0.2) is 4.79 Å². The van der Waals surface area contributed by atoms with E-state index in [1.165, 1.54) is 0 Å². The van der Waals surface area contributed by atoms with Crippen molar-refractivity contribution < 1.29 is 18.7 Å². The first kappa shape index (κ1) is 29.6. The SMILES string of the molecule is CCC(C)(C)CCC(Nc1nc(=O)oc2ccccc12)C(=O)NC1(C#N)CCN(CCOCCOC)CC1. The number of amides is 1. The molecule has 0 spiro atoms. The topological polar surface area (TPSA) is 130 Å². The standard InChI is InChI=1S/C28H41N5O5/c1-5-27(2,3)11-10-22(30-24-21-8-6-7-9-23(21)38-26(35)31-24)25(34)32-28(20-29)12-14-33(15-13-28)16-17-37-19-18-36-4/h6-9,22H,5,10-19H2,1-4H3,(H,32,34)(H,30,31,35). The number of nitriles is 1. The number of hydrogen-bond donors (Lipinski definition) is 2. The first-order valence-electron chi connectivity index (χ1n) is 13.4. The minimum Gasteiger partial charge on any atom is -0.408 e. The number of likely N-dealkylation sites (tertiary alicyclic amines) is 1. The van der Waals surface area contributed by atoms with E-state index in [9.17, 15) is 14.9 Å². The zero-order chi connectivity index (χ0) is 27.6. The van der Waals surface area contributed by atoms with Crippen LogP contribution in [0.25, 0.3) is 11.0 Å². The van der Waals surface area contributed by atoms with Crippen molar-refractivity contribution in [1.29, 1.82) is 5.26 Å². The highest BCUT2D eigenvalue weighted by Gasteiger charge is 2.38. The van der Waals surface area contributed by atoms with E-state index in [4.69, 9.17) is 13.9 Å². The molecule has 208 valence electrons. The third-order valence-corrected chi connectivity index (χ3v) is 7.51. The Kier molecular flexibility index (Phi) is 10.6. The summed E-state index contributed by atoms with van der Waals surface area (Å²) in [6.45, 7) is 10.3. The van der Waals surface area contributed by atoms with E-state index in [-0.39, 0.29) is 11.3 Å². The fourth-order valence-electron chi connectivity index (χ4n) is 4.46. The molecule has 1 fully saturated rings. The minimum atomic E-state index is -0.949. The fourth-order valence-corrected chi connectivity index (χ4v) is 4.46. The molecule has 3 rings (SSSR count). The molecule has 1 saturated heterocycles. The van der Waals surface area contributed by atoms with Crippen LogP contribution in [0.5, 0.6) is 0 Å². The van der Waals surface area contributed by atoms with Crippen LogP contribution >= 0.6 is 0 Å². The number of nitrogens with zero attached hydrogens (tertiary/aromatic N) is 3. The van der Waals surface area contributed by atoms with Gasteiger partial charge >= 0.3 is 5.76 Å². The van der Waals surface area contributed by atoms with E-state index >= 15 is 0 Å². The van der Waals surface area contributed by atoms with Crippen molar-refractivity contribution in [1.82, 2.24) is 15.2 Å². The van der Waals surface area contributed by atoms with Crippen LogP contribution < -0.4 is 16.4 Å². The number of carbonyl (C=O) groups excluding carboxylic acids is 1. The summed E-state index contributed by atoms with van der Waals surface area (Å²) in [5, 5.41) is 17.0. The Morgan fingerprint density at radius 1 is 1.26 bits per heavy atom. The third kappa shape index (κ3) is 8.25. The number of aromatic nitrogens is 1. The molecular weight excluding hydrogens is 486 g/mol. The number of ether oxygens (including phenoxy) is 2. The quantitative estimate of drug-likeness (QED) is 0.355. The Morgan fingerprint density at radius 2 is 2.00 bits per heavy atom. The maximum Gasteiger partial charge on any atom is 0.441 e. The van der Waals surface area contributed by atoms with Gasteiger partial charge in [-0.3, -0.25) is 4.79 Å². The lowest BCUT2D eigenvalue weighted by atomic mass is 9.83. The zero-order valence-electron chi connectivity index (χ0n) is 23.0. The largest absolute Gasteiger partial charge is 0.441 e. The summed E-state index contributed by atoms with van der Waals surface area (Å²) < 4.78 is 15.8. The zero-order valence-corrected chi connectivity index (χ0v) is 23.0. The highest BCUT2D eigenvalue weighted by Crippen LogP contribution is 2.29. The van der Waals surface area contributed by atoms with Crippen LogP contribution in [-0.2, 0) is 14.3 Å². The van der Waals surface area contributed by atoms with Crippen molar-refractivity contribution in [2.75, 3.05) is 51.9 Å². The lowest BCUT2D eigenvalue weighted by Gasteiger charge is -2.38. The number of methoxy groups -OCH3 is 1. The molecule has 0 saturated carbocycles. The van der Waals surface area contributed by atoms with Gasteiger partial charge in [0.15, 0.2) is 0 Å². The molecule has 1 unspecified atom stereocenters. The highest BCUT2D eigenvalue weighted by molar-refractivity contribution is 5.91. The fraction of sp³-hybridized carbons (Fsp3) is 0.643. The number of carbonyl (C=O) groups is 1. The molecule has 1 amide bonds. The summed E-state index contributed by atoms with van der Waals surface area (Å²) in [4.78, 5) is 32.0. The molecule has 1 aromatic heterocycles. The average Bonchev–Trinajstić information content (AvgIpc) is 2.91. The molecule has 10 nitrogen and oxygen atoms in total. The van der Waals surface area contributed by atoms with Crippen molar-refractivity contribution >= 4 is 22.7 Å². The molecule has 38 heavy (non-hydrogen) atoms. The van der Waals surface area contributed by atoms with E-state index in [0.29, 0.717) is 69.0 Å². The maximum atomic E-state index is 13.7. The Hall–Kier alpha value is -3.00. The lowest BCUT2D eigenvalue weighted by molar-refractivity contribution is -0.124. The van der Waals surface area contributed by atoms with Crippen LogP contribution in [0.15, 0.2) is 33.5 Å². The molecule has 2 heterocycles. The van der Waals surface area contributed by atoms with E-state index in [0.717, 1.165) is 19.4 Å². The molecule has 2 aromatic rings. The first-order valence-corrected chi connectivity index (χ1v) is 13.4. The third-order valence-electron chi connectivity index (χ3n) is 7.51. The van der Waals surface area contributed by atoms with Gasteiger partial charge in [0.05, 0.1) is 31.3 Å². The van der Waals surface area contributed by atoms with Gasteiger partial charge in [0.25, 0.3) is 0 Å². The van der Waals surface area contributed by atoms with Crippen molar-refractivity contribution in [2.24, 2.45) is 5.41 Å². The number of para-hydroxylation sites is 1. The number of benzene rings is 1. The first-order chi connectivity index (χ1) is 18.2.